The van der Waals surface area contributed by atoms with Gasteiger partial charge in [-0.3, -0.25) is 9.97 Å². The Hall–Kier alpha value is -5.02. The molecule has 0 atom stereocenters. The zero-order valence-electron chi connectivity index (χ0n) is 20.5. The SMILES string of the molecule is c1cncc(-c2ccc3c(c2)C2(c4ccccc4Oc4ccccc42)c2cc(-c4cccnc4)ccc2-3)c1. The van der Waals surface area contributed by atoms with Crippen LogP contribution in [0, 0.1) is 0 Å². The van der Waals surface area contributed by atoms with Gasteiger partial charge in [-0.05, 0) is 80.9 Å². The average Bonchev–Trinajstić information content (AvgIpc) is 3.28. The number of fused-ring (bicyclic) bond motifs is 9. The molecule has 3 heteroatoms. The Bertz CT molecular complexity index is 1710. The Balaban J connectivity index is 1.51. The van der Waals surface area contributed by atoms with Crippen LogP contribution in [0.15, 0.2) is 134 Å². The Labute approximate surface area is 221 Å². The van der Waals surface area contributed by atoms with Crippen LogP contribution in [0.5, 0.6) is 11.5 Å². The van der Waals surface area contributed by atoms with Gasteiger partial charge in [-0.15, -0.1) is 0 Å². The lowest BCUT2D eigenvalue weighted by Crippen LogP contribution is -2.32. The summed E-state index contributed by atoms with van der Waals surface area (Å²) in [4.78, 5) is 8.78. The van der Waals surface area contributed by atoms with Crippen molar-refractivity contribution in [3.8, 4) is 44.9 Å². The molecule has 178 valence electrons. The predicted molar refractivity (Wildman–Crippen MR) is 150 cm³/mol. The van der Waals surface area contributed by atoms with Crippen LogP contribution in [0.3, 0.4) is 0 Å². The van der Waals surface area contributed by atoms with E-state index in [1.807, 2.05) is 36.9 Å². The van der Waals surface area contributed by atoms with Crippen molar-refractivity contribution in [2.75, 3.05) is 0 Å². The Morgan fingerprint density at radius 1 is 0.447 bits per heavy atom. The topological polar surface area (TPSA) is 35.0 Å². The number of hydrogen-bond acceptors (Lipinski definition) is 3. The Kier molecular flexibility index (Phi) is 4.44. The Morgan fingerprint density at radius 2 is 0.947 bits per heavy atom. The number of nitrogens with zero attached hydrogens (tertiary/aromatic N) is 2. The molecule has 6 aromatic rings. The van der Waals surface area contributed by atoms with Gasteiger partial charge in [0, 0.05) is 35.9 Å². The molecule has 8 rings (SSSR count). The number of para-hydroxylation sites is 2. The van der Waals surface area contributed by atoms with E-state index in [-0.39, 0.29) is 0 Å². The van der Waals surface area contributed by atoms with E-state index in [1.54, 1.807) is 0 Å². The molecule has 0 amide bonds. The van der Waals surface area contributed by atoms with Crippen LogP contribution in [0.2, 0.25) is 0 Å². The maximum Gasteiger partial charge on any atom is 0.132 e. The first-order valence-corrected chi connectivity index (χ1v) is 12.8. The third-order valence-corrected chi connectivity index (χ3v) is 7.93. The first-order chi connectivity index (χ1) is 18.8. The van der Waals surface area contributed by atoms with Crippen molar-refractivity contribution in [3.63, 3.8) is 0 Å². The van der Waals surface area contributed by atoms with Gasteiger partial charge in [0.15, 0.2) is 0 Å². The maximum atomic E-state index is 6.50. The first kappa shape index (κ1) is 21.1. The number of aromatic nitrogens is 2. The van der Waals surface area contributed by atoms with Gasteiger partial charge in [0.25, 0.3) is 0 Å². The molecule has 0 saturated carbocycles. The minimum absolute atomic E-state index is 0.521. The number of benzene rings is 4. The summed E-state index contributed by atoms with van der Waals surface area (Å²) < 4.78 is 6.50. The summed E-state index contributed by atoms with van der Waals surface area (Å²) in [6.07, 6.45) is 7.50. The molecular formula is C35H22N2O. The van der Waals surface area contributed by atoms with Gasteiger partial charge in [-0.2, -0.15) is 0 Å². The highest BCUT2D eigenvalue weighted by Gasteiger charge is 2.51. The summed E-state index contributed by atoms with van der Waals surface area (Å²) >= 11 is 0. The zero-order chi connectivity index (χ0) is 25.1. The molecule has 3 heterocycles. The fourth-order valence-corrected chi connectivity index (χ4v) is 6.32. The first-order valence-electron chi connectivity index (χ1n) is 12.8. The third-order valence-electron chi connectivity index (χ3n) is 7.93. The molecule has 1 spiro atoms. The van der Waals surface area contributed by atoms with Crippen molar-refractivity contribution in [1.82, 2.24) is 9.97 Å². The molecule has 38 heavy (non-hydrogen) atoms. The smallest absolute Gasteiger partial charge is 0.132 e. The molecule has 0 unspecified atom stereocenters. The fraction of sp³-hybridized carbons (Fsp3) is 0.0286. The van der Waals surface area contributed by atoms with Crippen LogP contribution >= 0.6 is 0 Å². The summed E-state index contributed by atoms with van der Waals surface area (Å²) in [5, 5.41) is 0. The molecule has 2 aliphatic rings. The quantitative estimate of drug-likeness (QED) is 0.247. The predicted octanol–water partition coefficient (Wildman–Crippen LogP) is 8.28. The molecule has 0 radical (unpaired) electrons. The molecule has 0 N–H and O–H groups in total. The number of hydrogen-bond donors (Lipinski definition) is 0. The standard InChI is InChI=1S/C35H22N2O/c1-3-11-33-29(9-1)35(30-10-2-4-12-34(30)38-33)31-19-23(25-7-5-17-36-21-25)13-15-27(31)28-16-14-24(20-32(28)35)26-8-6-18-37-22-26/h1-22H. The molecule has 1 aliphatic carbocycles. The summed E-state index contributed by atoms with van der Waals surface area (Å²) in [6.45, 7) is 0. The molecule has 2 aromatic heterocycles. The van der Waals surface area contributed by atoms with Gasteiger partial charge in [0.1, 0.15) is 11.5 Å². The van der Waals surface area contributed by atoms with E-state index in [9.17, 15) is 0 Å². The van der Waals surface area contributed by atoms with Crippen LogP contribution < -0.4 is 4.74 Å². The van der Waals surface area contributed by atoms with Crippen LogP contribution in [-0.2, 0) is 5.41 Å². The summed E-state index contributed by atoms with van der Waals surface area (Å²) in [7, 11) is 0. The van der Waals surface area contributed by atoms with Gasteiger partial charge in [-0.1, -0.05) is 72.8 Å². The monoisotopic (exact) mass is 486 g/mol. The lowest BCUT2D eigenvalue weighted by atomic mass is 9.65. The van der Waals surface area contributed by atoms with Crippen LogP contribution in [0.4, 0.5) is 0 Å². The van der Waals surface area contributed by atoms with Gasteiger partial charge >= 0.3 is 0 Å². The normalized spacial score (nSPS) is 13.7. The second-order valence-corrected chi connectivity index (χ2v) is 9.85. The van der Waals surface area contributed by atoms with E-state index in [2.05, 4.69) is 107 Å². The molecule has 0 fully saturated rings. The minimum atomic E-state index is -0.521. The largest absolute Gasteiger partial charge is 0.457 e. The van der Waals surface area contributed by atoms with Crippen molar-refractivity contribution < 1.29 is 4.74 Å². The summed E-state index contributed by atoms with van der Waals surface area (Å²) in [5.74, 6) is 1.78. The van der Waals surface area contributed by atoms with Gasteiger partial charge in [0.05, 0.1) is 5.41 Å². The van der Waals surface area contributed by atoms with E-state index in [0.717, 1.165) is 44.9 Å². The summed E-state index contributed by atoms with van der Waals surface area (Å²) in [6, 6.07) is 38.9. The highest BCUT2D eigenvalue weighted by Crippen LogP contribution is 2.62. The van der Waals surface area contributed by atoms with Crippen molar-refractivity contribution in [3.05, 3.63) is 156 Å². The van der Waals surface area contributed by atoms with E-state index in [4.69, 9.17) is 4.74 Å². The second-order valence-electron chi connectivity index (χ2n) is 9.85. The van der Waals surface area contributed by atoms with Gasteiger partial charge in [0.2, 0.25) is 0 Å². The number of ether oxygens (including phenoxy) is 1. The second kappa shape index (κ2) is 7.99. The molecule has 3 nitrogen and oxygen atoms in total. The molecule has 0 bridgehead atoms. The van der Waals surface area contributed by atoms with Crippen LogP contribution in [-0.4, -0.2) is 9.97 Å². The van der Waals surface area contributed by atoms with E-state index < -0.39 is 5.41 Å². The van der Waals surface area contributed by atoms with Gasteiger partial charge < -0.3 is 4.74 Å². The van der Waals surface area contributed by atoms with E-state index in [1.165, 1.54) is 22.3 Å². The molecule has 1 aliphatic heterocycles. The van der Waals surface area contributed by atoms with E-state index >= 15 is 0 Å². The molecule has 4 aromatic carbocycles. The number of pyridine rings is 2. The average molecular weight is 487 g/mol. The zero-order valence-corrected chi connectivity index (χ0v) is 20.5. The van der Waals surface area contributed by atoms with E-state index in [0.29, 0.717) is 0 Å². The van der Waals surface area contributed by atoms with Gasteiger partial charge in [-0.25, -0.2) is 0 Å². The highest BCUT2D eigenvalue weighted by atomic mass is 16.5. The Morgan fingerprint density at radius 3 is 1.42 bits per heavy atom. The van der Waals surface area contributed by atoms with Crippen molar-refractivity contribution in [1.29, 1.82) is 0 Å². The maximum absolute atomic E-state index is 6.50. The molecular weight excluding hydrogens is 464 g/mol. The minimum Gasteiger partial charge on any atom is -0.457 e. The lowest BCUT2D eigenvalue weighted by Gasteiger charge is -2.39. The van der Waals surface area contributed by atoms with Crippen molar-refractivity contribution in [2.24, 2.45) is 0 Å². The third kappa shape index (κ3) is 2.84. The van der Waals surface area contributed by atoms with Crippen LogP contribution in [0.25, 0.3) is 33.4 Å². The summed E-state index contributed by atoms with van der Waals surface area (Å²) in [5.41, 5.74) is 11.3. The van der Waals surface area contributed by atoms with Crippen molar-refractivity contribution in [2.45, 2.75) is 5.41 Å². The number of rotatable bonds is 2. The van der Waals surface area contributed by atoms with Crippen LogP contribution in [0.1, 0.15) is 22.3 Å². The van der Waals surface area contributed by atoms with Crippen molar-refractivity contribution >= 4 is 0 Å². The fourth-order valence-electron chi connectivity index (χ4n) is 6.32. The molecule has 0 saturated heterocycles. The highest BCUT2D eigenvalue weighted by molar-refractivity contribution is 5.91. The lowest BCUT2D eigenvalue weighted by molar-refractivity contribution is 0.436.